The molecule has 2 rings (SSSR count). The van der Waals surface area contributed by atoms with Crippen LogP contribution in [0.25, 0.3) is 0 Å². The van der Waals surface area contributed by atoms with Gasteiger partial charge in [-0.15, -0.1) is 0 Å². The number of hydrogen-bond acceptors (Lipinski definition) is 4. The SMILES string of the molecule is CCN(c1ccc([N+](=O)[O-])cc1N)C1CCCC1. The van der Waals surface area contributed by atoms with Gasteiger partial charge in [-0.1, -0.05) is 12.8 Å². The van der Waals surface area contributed by atoms with E-state index in [-0.39, 0.29) is 5.69 Å². The van der Waals surface area contributed by atoms with E-state index >= 15 is 0 Å². The summed E-state index contributed by atoms with van der Waals surface area (Å²) in [6.07, 6.45) is 4.89. The third-order valence-corrected chi connectivity index (χ3v) is 3.64. The molecule has 5 nitrogen and oxygen atoms in total. The lowest BCUT2D eigenvalue weighted by Gasteiger charge is -2.30. The van der Waals surface area contributed by atoms with Crippen LogP contribution in [0.5, 0.6) is 0 Å². The number of anilines is 2. The summed E-state index contributed by atoms with van der Waals surface area (Å²) in [4.78, 5) is 12.6. The summed E-state index contributed by atoms with van der Waals surface area (Å²) < 4.78 is 0. The van der Waals surface area contributed by atoms with Crippen LogP contribution in [-0.4, -0.2) is 17.5 Å². The number of nitrogens with two attached hydrogens (primary N) is 1. The first kappa shape index (κ1) is 12.7. The number of hydrogen-bond donors (Lipinski definition) is 1. The zero-order chi connectivity index (χ0) is 13.1. The van der Waals surface area contributed by atoms with Crippen molar-refractivity contribution in [3.8, 4) is 0 Å². The van der Waals surface area contributed by atoms with E-state index in [1.807, 2.05) is 0 Å². The fourth-order valence-electron chi connectivity index (χ4n) is 2.76. The van der Waals surface area contributed by atoms with Crippen LogP contribution in [0.1, 0.15) is 32.6 Å². The Balaban J connectivity index is 2.27. The van der Waals surface area contributed by atoms with Crippen molar-refractivity contribution in [3.05, 3.63) is 28.3 Å². The second kappa shape index (κ2) is 5.25. The molecule has 0 bridgehead atoms. The Morgan fingerprint density at radius 2 is 2.11 bits per heavy atom. The molecule has 0 atom stereocenters. The van der Waals surface area contributed by atoms with Gasteiger partial charge in [0.2, 0.25) is 0 Å². The molecular weight excluding hydrogens is 230 g/mol. The van der Waals surface area contributed by atoms with Crippen molar-refractivity contribution in [2.75, 3.05) is 17.2 Å². The van der Waals surface area contributed by atoms with Gasteiger partial charge in [0.1, 0.15) is 0 Å². The van der Waals surface area contributed by atoms with Crippen LogP contribution >= 0.6 is 0 Å². The predicted molar refractivity (Wildman–Crippen MR) is 72.8 cm³/mol. The van der Waals surface area contributed by atoms with E-state index in [1.165, 1.54) is 37.8 Å². The molecule has 18 heavy (non-hydrogen) atoms. The van der Waals surface area contributed by atoms with Crippen LogP contribution in [0, 0.1) is 10.1 Å². The smallest absolute Gasteiger partial charge is 0.271 e. The molecule has 1 aromatic carbocycles. The average molecular weight is 249 g/mol. The predicted octanol–water partition coefficient (Wildman–Crippen LogP) is 2.95. The first-order valence-electron chi connectivity index (χ1n) is 6.44. The zero-order valence-corrected chi connectivity index (χ0v) is 10.6. The van der Waals surface area contributed by atoms with E-state index in [1.54, 1.807) is 6.07 Å². The minimum atomic E-state index is -0.411. The van der Waals surface area contributed by atoms with Gasteiger partial charge in [-0.2, -0.15) is 0 Å². The molecule has 1 fully saturated rings. The number of non-ortho nitro benzene ring substituents is 1. The molecule has 1 aliphatic rings. The Labute approximate surface area is 107 Å². The summed E-state index contributed by atoms with van der Waals surface area (Å²) in [6, 6.07) is 5.28. The van der Waals surface area contributed by atoms with Gasteiger partial charge in [-0.25, -0.2) is 0 Å². The first-order valence-corrected chi connectivity index (χ1v) is 6.44. The van der Waals surface area contributed by atoms with Crippen molar-refractivity contribution < 1.29 is 4.92 Å². The lowest BCUT2D eigenvalue weighted by Crippen LogP contribution is -2.33. The summed E-state index contributed by atoms with van der Waals surface area (Å²) in [5, 5.41) is 10.7. The van der Waals surface area contributed by atoms with Crippen LogP contribution in [0.3, 0.4) is 0 Å². The number of nitrogens with zero attached hydrogens (tertiary/aromatic N) is 2. The summed E-state index contributed by atoms with van der Waals surface area (Å²) in [5.74, 6) is 0. The second-order valence-corrected chi connectivity index (χ2v) is 4.72. The van der Waals surface area contributed by atoms with Gasteiger partial charge in [0.15, 0.2) is 0 Å². The first-order chi connectivity index (χ1) is 8.63. The maximum Gasteiger partial charge on any atom is 0.271 e. The fourth-order valence-corrected chi connectivity index (χ4v) is 2.76. The molecule has 0 unspecified atom stereocenters. The van der Waals surface area contributed by atoms with Crippen molar-refractivity contribution in [1.29, 1.82) is 0 Å². The van der Waals surface area contributed by atoms with E-state index in [2.05, 4.69) is 11.8 Å². The Hall–Kier alpha value is -1.78. The number of rotatable bonds is 4. The summed E-state index contributed by atoms with van der Waals surface area (Å²) >= 11 is 0. The topological polar surface area (TPSA) is 72.4 Å². The number of benzene rings is 1. The number of nitrogen functional groups attached to an aromatic ring is 1. The Morgan fingerprint density at radius 1 is 1.44 bits per heavy atom. The van der Waals surface area contributed by atoms with Crippen LogP contribution < -0.4 is 10.6 Å². The van der Waals surface area contributed by atoms with E-state index in [0.717, 1.165) is 12.2 Å². The Morgan fingerprint density at radius 3 is 2.61 bits per heavy atom. The van der Waals surface area contributed by atoms with Crippen molar-refractivity contribution >= 4 is 17.1 Å². The van der Waals surface area contributed by atoms with Gasteiger partial charge in [-0.3, -0.25) is 10.1 Å². The average Bonchev–Trinajstić information content (AvgIpc) is 2.85. The van der Waals surface area contributed by atoms with Gasteiger partial charge in [-0.05, 0) is 25.8 Å². The maximum atomic E-state index is 10.7. The van der Waals surface area contributed by atoms with Crippen molar-refractivity contribution in [3.63, 3.8) is 0 Å². The largest absolute Gasteiger partial charge is 0.397 e. The van der Waals surface area contributed by atoms with Crippen molar-refractivity contribution in [2.24, 2.45) is 0 Å². The summed E-state index contributed by atoms with van der Waals surface area (Å²) in [5.41, 5.74) is 7.44. The highest BCUT2D eigenvalue weighted by molar-refractivity contribution is 5.71. The van der Waals surface area contributed by atoms with E-state index < -0.39 is 4.92 Å². The monoisotopic (exact) mass is 249 g/mol. The summed E-state index contributed by atoms with van der Waals surface area (Å²) in [7, 11) is 0. The molecule has 0 aromatic heterocycles. The highest BCUT2D eigenvalue weighted by Gasteiger charge is 2.23. The van der Waals surface area contributed by atoms with Gasteiger partial charge in [0, 0.05) is 24.7 Å². The van der Waals surface area contributed by atoms with Crippen LogP contribution in [0.2, 0.25) is 0 Å². The van der Waals surface area contributed by atoms with Gasteiger partial charge in [0.05, 0.1) is 16.3 Å². The molecule has 1 saturated carbocycles. The minimum absolute atomic E-state index is 0.0544. The highest BCUT2D eigenvalue weighted by Crippen LogP contribution is 2.33. The Kier molecular flexibility index (Phi) is 3.69. The highest BCUT2D eigenvalue weighted by atomic mass is 16.6. The third kappa shape index (κ3) is 2.39. The van der Waals surface area contributed by atoms with Crippen LogP contribution in [0.4, 0.5) is 17.1 Å². The van der Waals surface area contributed by atoms with Gasteiger partial charge < -0.3 is 10.6 Å². The fraction of sp³-hybridized carbons (Fsp3) is 0.538. The number of nitro groups is 1. The molecule has 0 aliphatic heterocycles. The van der Waals surface area contributed by atoms with Crippen LogP contribution in [-0.2, 0) is 0 Å². The molecular formula is C13H19N3O2. The molecule has 0 radical (unpaired) electrons. The third-order valence-electron chi connectivity index (χ3n) is 3.64. The normalized spacial score (nSPS) is 15.8. The van der Waals surface area contributed by atoms with Gasteiger partial charge in [0.25, 0.3) is 5.69 Å². The molecule has 2 N–H and O–H groups in total. The van der Waals surface area contributed by atoms with E-state index in [9.17, 15) is 10.1 Å². The molecule has 1 aromatic rings. The van der Waals surface area contributed by atoms with E-state index in [0.29, 0.717) is 11.7 Å². The van der Waals surface area contributed by atoms with E-state index in [4.69, 9.17) is 5.73 Å². The lowest BCUT2D eigenvalue weighted by atomic mass is 10.1. The van der Waals surface area contributed by atoms with Gasteiger partial charge >= 0.3 is 0 Å². The maximum absolute atomic E-state index is 10.7. The number of nitro benzene ring substituents is 1. The molecule has 1 aliphatic carbocycles. The Bertz CT molecular complexity index is 442. The standard InChI is InChI=1S/C13H19N3O2/c1-2-15(10-5-3-4-6-10)13-8-7-11(16(17)18)9-12(13)14/h7-10H,2-6,14H2,1H3. The van der Waals surface area contributed by atoms with Crippen molar-refractivity contribution in [2.45, 2.75) is 38.6 Å². The summed E-state index contributed by atoms with van der Waals surface area (Å²) in [6.45, 7) is 2.98. The van der Waals surface area contributed by atoms with Crippen molar-refractivity contribution in [1.82, 2.24) is 0 Å². The molecule has 5 heteroatoms. The lowest BCUT2D eigenvalue weighted by molar-refractivity contribution is -0.384. The van der Waals surface area contributed by atoms with Crippen LogP contribution in [0.15, 0.2) is 18.2 Å². The molecule has 0 saturated heterocycles. The molecule has 98 valence electrons. The minimum Gasteiger partial charge on any atom is -0.397 e. The molecule has 0 spiro atoms. The molecule has 0 heterocycles. The quantitative estimate of drug-likeness (QED) is 0.506. The zero-order valence-electron chi connectivity index (χ0n) is 10.6. The molecule has 0 amide bonds. The second-order valence-electron chi connectivity index (χ2n) is 4.72.